The molecule has 140 valence electrons. The van der Waals surface area contributed by atoms with E-state index in [2.05, 4.69) is 4.98 Å². The lowest BCUT2D eigenvalue weighted by Crippen LogP contribution is -2.41. The first-order chi connectivity index (χ1) is 12.7. The predicted molar refractivity (Wildman–Crippen MR) is 108 cm³/mol. The van der Waals surface area contributed by atoms with Crippen molar-refractivity contribution in [3.8, 4) is 5.75 Å². The van der Waals surface area contributed by atoms with Gasteiger partial charge in [0.2, 0.25) is 0 Å². The SMILES string of the molecule is NC(C1CCCCC1)C1CCC(Oc2cc3ccncc3cc2Cl)CC1. The monoisotopic (exact) mass is 372 g/mol. The summed E-state index contributed by atoms with van der Waals surface area (Å²) in [5.74, 6) is 2.20. The van der Waals surface area contributed by atoms with Gasteiger partial charge in [-0.25, -0.2) is 0 Å². The number of fused-ring (bicyclic) bond motifs is 1. The van der Waals surface area contributed by atoms with Crippen molar-refractivity contribution in [1.82, 2.24) is 4.98 Å². The van der Waals surface area contributed by atoms with Crippen LogP contribution in [0.3, 0.4) is 0 Å². The van der Waals surface area contributed by atoms with E-state index in [0.29, 0.717) is 17.0 Å². The standard InChI is InChI=1S/C22H29ClN2O/c23-20-12-18-14-25-11-10-17(18)13-21(20)26-19-8-6-16(7-9-19)22(24)15-4-2-1-3-5-15/h10-16,19,22H,1-9,24H2. The molecule has 2 saturated carbocycles. The molecule has 26 heavy (non-hydrogen) atoms. The van der Waals surface area contributed by atoms with Crippen molar-refractivity contribution in [3.63, 3.8) is 0 Å². The Hall–Kier alpha value is -1.32. The second kappa shape index (κ2) is 8.14. The minimum Gasteiger partial charge on any atom is -0.489 e. The smallest absolute Gasteiger partial charge is 0.138 e. The summed E-state index contributed by atoms with van der Waals surface area (Å²) in [6, 6.07) is 6.37. The number of pyridine rings is 1. The summed E-state index contributed by atoms with van der Waals surface area (Å²) >= 11 is 6.43. The number of benzene rings is 1. The fraction of sp³-hybridized carbons (Fsp3) is 0.591. The van der Waals surface area contributed by atoms with Crippen LogP contribution in [0.15, 0.2) is 30.6 Å². The zero-order valence-electron chi connectivity index (χ0n) is 15.4. The van der Waals surface area contributed by atoms with Gasteiger partial charge in [0.25, 0.3) is 0 Å². The third kappa shape index (κ3) is 3.99. The molecule has 0 bridgehead atoms. The Morgan fingerprint density at radius 3 is 2.46 bits per heavy atom. The summed E-state index contributed by atoms with van der Waals surface area (Å²) < 4.78 is 6.27. The van der Waals surface area contributed by atoms with Gasteiger partial charge in [-0.3, -0.25) is 4.98 Å². The fourth-order valence-corrected chi connectivity index (χ4v) is 5.07. The first-order valence-corrected chi connectivity index (χ1v) is 10.5. The molecule has 1 unspecified atom stereocenters. The first kappa shape index (κ1) is 18.1. The second-order valence-corrected chi connectivity index (χ2v) is 8.54. The van der Waals surface area contributed by atoms with Crippen molar-refractivity contribution in [2.24, 2.45) is 17.6 Å². The normalized spacial score (nSPS) is 25.9. The molecule has 0 spiro atoms. The average Bonchev–Trinajstić information content (AvgIpc) is 2.69. The Morgan fingerprint density at radius 1 is 0.962 bits per heavy atom. The maximum Gasteiger partial charge on any atom is 0.138 e. The van der Waals surface area contributed by atoms with Crippen LogP contribution in [0, 0.1) is 11.8 Å². The molecule has 3 nitrogen and oxygen atoms in total. The Bertz CT molecular complexity index is 736. The number of nitrogens with two attached hydrogens (primary N) is 1. The molecule has 0 amide bonds. The summed E-state index contributed by atoms with van der Waals surface area (Å²) in [7, 11) is 0. The summed E-state index contributed by atoms with van der Waals surface area (Å²) in [5, 5.41) is 2.84. The van der Waals surface area contributed by atoms with Gasteiger partial charge in [0.15, 0.2) is 0 Å². The van der Waals surface area contributed by atoms with Crippen molar-refractivity contribution in [1.29, 1.82) is 0 Å². The highest BCUT2D eigenvalue weighted by molar-refractivity contribution is 6.32. The van der Waals surface area contributed by atoms with E-state index < -0.39 is 0 Å². The van der Waals surface area contributed by atoms with Crippen molar-refractivity contribution >= 4 is 22.4 Å². The molecule has 0 aliphatic heterocycles. The molecule has 0 radical (unpaired) electrons. The van der Waals surface area contributed by atoms with Gasteiger partial charge in [0.05, 0.1) is 11.1 Å². The number of hydrogen-bond donors (Lipinski definition) is 1. The Morgan fingerprint density at radius 2 is 1.69 bits per heavy atom. The third-order valence-electron chi connectivity index (χ3n) is 6.44. The van der Waals surface area contributed by atoms with Gasteiger partial charge in [-0.05, 0) is 73.9 Å². The highest BCUT2D eigenvalue weighted by atomic mass is 35.5. The number of hydrogen-bond acceptors (Lipinski definition) is 3. The summed E-state index contributed by atoms with van der Waals surface area (Å²) in [6.45, 7) is 0. The van der Waals surface area contributed by atoms with Gasteiger partial charge < -0.3 is 10.5 Å². The zero-order chi connectivity index (χ0) is 17.9. The summed E-state index contributed by atoms with van der Waals surface area (Å²) in [6.07, 6.45) is 15.2. The molecule has 4 heteroatoms. The molecular formula is C22H29ClN2O. The Kier molecular flexibility index (Phi) is 5.66. The highest BCUT2D eigenvalue weighted by Crippen LogP contribution is 2.37. The van der Waals surface area contributed by atoms with Crippen LogP contribution in [0.4, 0.5) is 0 Å². The van der Waals surface area contributed by atoms with Gasteiger partial charge >= 0.3 is 0 Å². The second-order valence-electron chi connectivity index (χ2n) is 8.14. The van der Waals surface area contributed by atoms with Gasteiger partial charge in [-0.1, -0.05) is 30.9 Å². The van der Waals surface area contributed by atoms with E-state index in [1.807, 2.05) is 24.4 Å². The quantitative estimate of drug-likeness (QED) is 0.745. The third-order valence-corrected chi connectivity index (χ3v) is 6.74. The van der Waals surface area contributed by atoms with Crippen LogP contribution in [-0.2, 0) is 0 Å². The van der Waals surface area contributed by atoms with Crippen LogP contribution in [0.2, 0.25) is 5.02 Å². The Balaban J connectivity index is 1.36. The van der Waals surface area contributed by atoms with Crippen LogP contribution in [-0.4, -0.2) is 17.1 Å². The molecule has 1 atom stereocenters. The van der Waals surface area contributed by atoms with Crippen molar-refractivity contribution in [3.05, 3.63) is 35.6 Å². The molecule has 2 fully saturated rings. The number of halogens is 1. The van der Waals surface area contributed by atoms with E-state index in [4.69, 9.17) is 22.1 Å². The molecule has 4 rings (SSSR count). The summed E-state index contributed by atoms with van der Waals surface area (Å²) in [4.78, 5) is 4.15. The molecule has 1 aromatic carbocycles. The zero-order valence-corrected chi connectivity index (χ0v) is 16.1. The van der Waals surface area contributed by atoms with Gasteiger partial charge in [-0.2, -0.15) is 0 Å². The predicted octanol–water partition coefficient (Wildman–Crippen LogP) is 5.73. The minimum absolute atomic E-state index is 0.251. The van der Waals surface area contributed by atoms with Crippen molar-refractivity contribution in [2.45, 2.75) is 69.9 Å². The molecule has 1 heterocycles. The van der Waals surface area contributed by atoms with Gasteiger partial charge in [0, 0.05) is 23.8 Å². The van der Waals surface area contributed by atoms with Crippen LogP contribution >= 0.6 is 11.6 Å². The van der Waals surface area contributed by atoms with Gasteiger partial charge in [-0.15, -0.1) is 0 Å². The first-order valence-electron chi connectivity index (χ1n) is 10.2. The minimum atomic E-state index is 0.251. The maximum absolute atomic E-state index is 6.64. The lowest BCUT2D eigenvalue weighted by molar-refractivity contribution is 0.108. The van der Waals surface area contributed by atoms with Crippen LogP contribution < -0.4 is 10.5 Å². The van der Waals surface area contributed by atoms with Gasteiger partial charge in [0.1, 0.15) is 5.75 Å². The lowest BCUT2D eigenvalue weighted by Gasteiger charge is -2.37. The van der Waals surface area contributed by atoms with E-state index in [-0.39, 0.29) is 6.10 Å². The van der Waals surface area contributed by atoms with Crippen LogP contribution in [0.5, 0.6) is 5.75 Å². The van der Waals surface area contributed by atoms with Crippen LogP contribution in [0.25, 0.3) is 10.8 Å². The molecule has 2 aliphatic rings. The molecule has 2 N–H and O–H groups in total. The lowest BCUT2D eigenvalue weighted by atomic mass is 9.74. The molecule has 1 aromatic heterocycles. The van der Waals surface area contributed by atoms with E-state index in [1.54, 1.807) is 6.20 Å². The molecular weight excluding hydrogens is 344 g/mol. The molecule has 2 aromatic rings. The number of rotatable bonds is 4. The molecule has 2 aliphatic carbocycles. The van der Waals surface area contributed by atoms with Crippen LogP contribution in [0.1, 0.15) is 57.8 Å². The number of aromatic nitrogens is 1. The molecule has 0 saturated heterocycles. The topological polar surface area (TPSA) is 48.1 Å². The van der Waals surface area contributed by atoms with E-state index >= 15 is 0 Å². The van der Waals surface area contributed by atoms with E-state index in [0.717, 1.165) is 35.3 Å². The number of nitrogens with zero attached hydrogens (tertiary/aromatic N) is 1. The van der Waals surface area contributed by atoms with Crippen molar-refractivity contribution in [2.75, 3.05) is 0 Å². The highest BCUT2D eigenvalue weighted by Gasteiger charge is 2.31. The fourth-order valence-electron chi connectivity index (χ4n) is 4.85. The number of ether oxygens (including phenoxy) is 1. The maximum atomic E-state index is 6.64. The van der Waals surface area contributed by atoms with Crippen molar-refractivity contribution < 1.29 is 4.74 Å². The largest absolute Gasteiger partial charge is 0.489 e. The summed E-state index contributed by atoms with van der Waals surface area (Å²) in [5.41, 5.74) is 6.64. The average molecular weight is 373 g/mol. The van der Waals surface area contributed by atoms with E-state index in [1.165, 1.54) is 44.9 Å². The van der Waals surface area contributed by atoms with E-state index in [9.17, 15) is 0 Å². The Labute approximate surface area is 161 Å².